The van der Waals surface area contributed by atoms with E-state index in [9.17, 15) is 4.79 Å². The van der Waals surface area contributed by atoms with Crippen LogP contribution in [0.1, 0.15) is 77.6 Å². The summed E-state index contributed by atoms with van der Waals surface area (Å²) in [6, 6.07) is 0.370. The highest BCUT2D eigenvalue weighted by atomic mass is 32.2. The molecular formula is C30H43NO2S. The summed E-state index contributed by atoms with van der Waals surface area (Å²) in [5.41, 5.74) is 0.362. The standard InChI is InChI=1S/C30H43NO2S/c1-22-15-17-31-21-30(27(31)18-22)26-14-10-7-11-16-29(26,28(32)33-30)25-20-34-19-24(25)23-12-8-5-3-2-4-6-9-13-23/h7,10-11,14,16,22-25,27H,2-6,8-9,12-13,15,17-21H2,1H3/t22-,24?,25?,27+,29+,30-/m1/s1. The number of piperidine rings is 1. The molecule has 6 rings (SSSR count). The molecule has 5 fully saturated rings. The quantitative estimate of drug-likeness (QED) is 0.418. The largest absolute Gasteiger partial charge is 0.450 e. The zero-order valence-corrected chi connectivity index (χ0v) is 21.9. The predicted octanol–water partition coefficient (Wildman–Crippen LogP) is 6.55. The van der Waals surface area contributed by atoms with Crippen molar-refractivity contribution in [3.8, 4) is 0 Å². The number of hydrogen-bond donors (Lipinski definition) is 0. The molecule has 4 saturated heterocycles. The Morgan fingerprint density at radius 2 is 1.74 bits per heavy atom. The molecule has 6 atom stereocenters. The lowest BCUT2D eigenvalue weighted by Gasteiger charge is -2.58. The van der Waals surface area contributed by atoms with Crippen LogP contribution in [0.15, 0.2) is 36.0 Å². The third-order valence-corrected chi connectivity index (χ3v) is 11.5. The fraction of sp³-hybridized carbons (Fsp3) is 0.767. The van der Waals surface area contributed by atoms with Crippen LogP contribution in [0.25, 0.3) is 0 Å². The van der Waals surface area contributed by atoms with E-state index in [2.05, 4.69) is 54.0 Å². The van der Waals surface area contributed by atoms with E-state index in [1.165, 1.54) is 75.5 Å². The lowest BCUT2D eigenvalue weighted by Crippen LogP contribution is -2.72. The third kappa shape index (κ3) is 3.69. The molecule has 1 spiro atoms. The van der Waals surface area contributed by atoms with Gasteiger partial charge in [-0.25, -0.2) is 0 Å². The summed E-state index contributed by atoms with van der Waals surface area (Å²) in [5, 5.41) is 0. The second-order valence-corrected chi connectivity index (χ2v) is 13.3. The van der Waals surface area contributed by atoms with Crippen molar-refractivity contribution in [2.24, 2.45) is 29.1 Å². The van der Waals surface area contributed by atoms with E-state index in [4.69, 9.17) is 4.74 Å². The molecule has 1 saturated carbocycles. The van der Waals surface area contributed by atoms with Gasteiger partial charge in [0.05, 0.1) is 6.04 Å². The van der Waals surface area contributed by atoms with Crippen molar-refractivity contribution in [2.45, 2.75) is 89.2 Å². The van der Waals surface area contributed by atoms with E-state index in [0.717, 1.165) is 31.2 Å². The summed E-state index contributed by atoms with van der Waals surface area (Å²) < 4.78 is 6.59. The first-order valence-corrected chi connectivity index (χ1v) is 15.4. The SMILES string of the molecule is C[C@@H]1CCN2C[C@]3(OC(=O)[C@]4(C5CSCC5C5CCCCCCCCC5)C=CC=CC=C43)[C@@H]2C1. The molecule has 2 unspecified atom stereocenters. The van der Waals surface area contributed by atoms with Crippen molar-refractivity contribution >= 4 is 17.7 Å². The molecule has 0 N–H and O–H groups in total. The van der Waals surface area contributed by atoms with Crippen LogP contribution in [-0.2, 0) is 9.53 Å². The van der Waals surface area contributed by atoms with E-state index in [-0.39, 0.29) is 11.6 Å². The van der Waals surface area contributed by atoms with Gasteiger partial charge in [-0.2, -0.15) is 11.8 Å². The van der Waals surface area contributed by atoms with Crippen molar-refractivity contribution in [2.75, 3.05) is 24.6 Å². The maximum Gasteiger partial charge on any atom is 0.321 e. The van der Waals surface area contributed by atoms with Gasteiger partial charge in [0.1, 0.15) is 5.41 Å². The van der Waals surface area contributed by atoms with Gasteiger partial charge in [0.15, 0.2) is 5.60 Å². The monoisotopic (exact) mass is 481 g/mol. The number of thioether (sulfide) groups is 1. The summed E-state index contributed by atoms with van der Waals surface area (Å²) in [4.78, 5) is 16.7. The average Bonchev–Trinajstić information content (AvgIpc) is 3.33. The fourth-order valence-electron chi connectivity index (χ4n) is 8.40. The summed E-state index contributed by atoms with van der Waals surface area (Å²) in [6.45, 7) is 4.43. The maximum absolute atomic E-state index is 14.1. The molecule has 186 valence electrons. The van der Waals surface area contributed by atoms with Gasteiger partial charge in [0, 0.05) is 6.54 Å². The minimum absolute atomic E-state index is 0.0638. The highest BCUT2D eigenvalue weighted by Gasteiger charge is 2.71. The summed E-state index contributed by atoms with van der Waals surface area (Å²) in [6.07, 6.45) is 25.9. The van der Waals surface area contributed by atoms with Gasteiger partial charge in [-0.1, -0.05) is 95.1 Å². The molecule has 0 aromatic heterocycles. The highest BCUT2D eigenvalue weighted by molar-refractivity contribution is 7.99. The molecule has 0 radical (unpaired) electrons. The van der Waals surface area contributed by atoms with Crippen molar-refractivity contribution in [1.82, 2.24) is 4.90 Å². The molecule has 3 nitrogen and oxygen atoms in total. The van der Waals surface area contributed by atoms with Crippen LogP contribution >= 0.6 is 11.8 Å². The molecule has 4 heterocycles. The van der Waals surface area contributed by atoms with Gasteiger partial charge in [-0.05, 0) is 60.1 Å². The number of allylic oxidation sites excluding steroid dienone is 4. The zero-order valence-electron chi connectivity index (χ0n) is 21.1. The van der Waals surface area contributed by atoms with Gasteiger partial charge < -0.3 is 4.74 Å². The minimum Gasteiger partial charge on any atom is -0.450 e. The number of carbonyl (C=O) groups excluding carboxylic acids is 1. The minimum atomic E-state index is -0.556. The number of ether oxygens (including phenoxy) is 1. The van der Waals surface area contributed by atoms with Crippen molar-refractivity contribution in [3.63, 3.8) is 0 Å². The van der Waals surface area contributed by atoms with Gasteiger partial charge in [-0.3, -0.25) is 9.69 Å². The normalized spacial score (nSPS) is 43.6. The third-order valence-electron chi connectivity index (χ3n) is 10.3. The van der Waals surface area contributed by atoms with Gasteiger partial charge in [0.2, 0.25) is 0 Å². The number of esters is 1. The average molecular weight is 482 g/mol. The molecule has 4 heteroatoms. The second kappa shape index (κ2) is 9.47. The van der Waals surface area contributed by atoms with Crippen LogP contribution in [0.4, 0.5) is 0 Å². The van der Waals surface area contributed by atoms with E-state index >= 15 is 0 Å². The Labute approximate surface area is 210 Å². The molecule has 0 bridgehead atoms. The van der Waals surface area contributed by atoms with Crippen LogP contribution in [0, 0.1) is 29.1 Å². The second-order valence-electron chi connectivity index (χ2n) is 12.2. The first-order chi connectivity index (χ1) is 16.6. The van der Waals surface area contributed by atoms with E-state index in [1.54, 1.807) is 0 Å². The Kier molecular flexibility index (Phi) is 6.51. The van der Waals surface area contributed by atoms with Crippen LogP contribution in [0.5, 0.6) is 0 Å². The lowest BCUT2D eigenvalue weighted by atomic mass is 9.58. The number of nitrogens with zero attached hydrogens (tertiary/aromatic N) is 1. The maximum atomic E-state index is 14.1. The molecule has 0 amide bonds. The summed E-state index contributed by atoms with van der Waals surface area (Å²) >= 11 is 2.10. The van der Waals surface area contributed by atoms with Gasteiger partial charge in [-0.15, -0.1) is 0 Å². The Hall–Kier alpha value is -1.00. The first kappa shape index (κ1) is 23.4. The van der Waals surface area contributed by atoms with Crippen molar-refractivity contribution < 1.29 is 9.53 Å². The Morgan fingerprint density at radius 1 is 0.971 bits per heavy atom. The Bertz CT molecular complexity index is 869. The van der Waals surface area contributed by atoms with Crippen LogP contribution < -0.4 is 0 Å². The van der Waals surface area contributed by atoms with E-state index < -0.39 is 5.41 Å². The van der Waals surface area contributed by atoms with Crippen LogP contribution in [0.2, 0.25) is 0 Å². The van der Waals surface area contributed by atoms with E-state index in [0.29, 0.717) is 23.8 Å². The Morgan fingerprint density at radius 3 is 2.53 bits per heavy atom. The van der Waals surface area contributed by atoms with Crippen LogP contribution in [-0.4, -0.2) is 47.1 Å². The smallest absolute Gasteiger partial charge is 0.321 e. The van der Waals surface area contributed by atoms with Crippen molar-refractivity contribution in [1.29, 1.82) is 0 Å². The molecular weight excluding hydrogens is 438 g/mol. The number of fused-ring (bicyclic) bond motifs is 4. The first-order valence-electron chi connectivity index (χ1n) is 14.3. The number of hydrogen-bond acceptors (Lipinski definition) is 4. The van der Waals surface area contributed by atoms with Gasteiger partial charge in [0.25, 0.3) is 0 Å². The topological polar surface area (TPSA) is 29.5 Å². The van der Waals surface area contributed by atoms with Gasteiger partial charge >= 0.3 is 5.97 Å². The van der Waals surface area contributed by atoms with Crippen LogP contribution in [0.3, 0.4) is 0 Å². The lowest BCUT2D eigenvalue weighted by molar-refractivity contribution is -0.184. The van der Waals surface area contributed by atoms with Crippen molar-refractivity contribution in [3.05, 3.63) is 36.0 Å². The molecule has 4 aliphatic heterocycles. The molecule has 0 aromatic carbocycles. The highest BCUT2D eigenvalue weighted by Crippen LogP contribution is 2.63. The number of rotatable bonds is 2. The van der Waals surface area contributed by atoms with E-state index in [1.807, 2.05) is 0 Å². The Balaban J connectivity index is 1.33. The number of carbonyl (C=O) groups is 1. The molecule has 2 aliphatic carbocycles. The molecule has 34 heavy (non-hydrogen) atoms. The summed E-state index contributed by atoms with van der Waals surface area (Å²) in [5.74, 6) is 4.85. The summed E-state index contributed by atoms with van der Waals surface area (Å²) in [7, 11) is 0. The molecule has 0 aromatic rings. The molecule has 6 aliphatic rings. The predicted molar refractivity (Wildman–Crippen MR) is 141 cm³/mol. The zero-order chi connectivity index (χ0) is 23.2. The fourth-order valence-corrected chi connectivity index (χ4v) is 10.1.